The Bertz CT molecular complexity index is 315. The molecule has 1 aromatic rings. The monoisotopic (exact) mass is 210 g/mol. The topological polar surface area (TPSA) is 47.3 Å². The molecule has 0 aliphatic carbocycles. The van der Waals surface area contributed by atoms with Crippen molar-refractivity contribution < 1.29 is 4.74 Å². The summed E-state index contributed by atoms with van der Waals surface area (Å²) in [5.74, 6) is 0.829. The van der Waals surface area contributed by atoms with Crippen LogP contribution in [0.15, 0.2) is 24.3 Å². The fourth-order valence-corrected chi connectivity index (χ4v) is 1.21. The summed E-state index contributed by atoms with van der Waals surface area (Å²) in [6, 6.07) is 7.74. The van der Waals surface area contributed by atoms with Crippen LogP contribution < -0.4 is 15.8 Å². The van der Waals surface area contributed by atoms with Crippen LogP contribution in [-0.4, -0.2) is 18.6 Å². The Morgan fingerprint density at radius 3 is 2.86 bits per heavy atom. The van der Waals surface area contributed by atoms with Gasteiger partial charge in [-0.1, -0.05) is 24.4 Å². The lowest BCUT2D eigenvalue weighted by Gasteiger charge is -2.09. The van der Waals surface area contributed by atoms with Gasteiger partial charge in [0, 0.05) is 13.0 Å². The number of benzene rings is 1. The number of nitrogens with two attached hydrogens (primary N) is 1. The van der Waals surface area contributed by atoms with Gasteiger partial charge in [-0.05, 0) is 12.1 Å². The molecule has 0 unspecified atom stereocenters. The van der Waals surface area contributed by atoms with E-state index in [1.54, 1.807) is 7.11 Å². The number of rotatable bonds is 5. The van der Waals surface area contributed by atoms with Crippen LogP contribution in [0.25, 0.3) is 0 Å². The Balaban J connectivity index is 2.53. The molecule has 4 heteroatoms. The Morgan fingerprint density at radius 1 is 1.50 bits per heavy atom. The number of methoxy groups -OCH3 is 1. The maximum atomic E-state index is 5.39. The van der Waals surface area contributed by atoms with E-state index in [9.17, 15) is 0 Å². The van der Waals surface area contributed by atoms with E-state index in [1.807, 2.05) is 24.3 Å². The number of para-hydroxylation sites is 2. The number of thiocarbonyl (C=S) groups is 1. The van der Waals surface area contributed by atoms with Crippen molar-refractivity contribution in [3.05, 3.63) is 24.3 Å². The molecule has 0 bridgehead atoms. The average Bonchev–Trinajstić information content (AvgIpc) is 2.18. The van der Waals surface area contributed by atoms with Gasteiger partial charge in [-0.3, -0.25) is 0 Å². The molecule has 0 saturated heterocycles. The minimum atomic E-state index is 0.521. The Kier molecular flexibility index (Phi) is 4.19. The van der Waals surface area contributed by atoms with Crippen molar-refractivity contribution in [1.29, 1.82) is 0 Å². The summed E-state index contributed by atoms with van der Waals surface area (Å²) < 4.78 is 5.18. The lowest BCUT2D eigenvalue weighted by Crippen LogP contribution is -2.14. The van der Waals surface area contributed by atoms with Gasteiger partial charge >= 0.3 is 0 Å². The first-order valence-corrected chi connectivity index (χ1v) is 4.80. The fraction of sp³-hybridized carbons (Fsp3) is 0.300. The molecule has 1 aromatic carbocycles. The van der Waals surface area contributed by atoms with Crippen LogP contribution in [0.3, 0.4) is 0 Å². The van der Waals surface area contributed by atoms with E-state index in [0.717, 1.165) is 18.0 Å². The minimum Gasteiger partial charge on any atom is -0.495 e. The fourth-order valence-electron chi connectivity index (χ4n) is 1.11. The highest BCUT2D eigenvalue weighted by Gasteiger charge is 1.99. The van der Waals surface area contributed by atoms with E-state index in [-0.39, 0.29) is 0 Å². The van der Waals surface area contributed by atoms with Crippen LogP contribution in [0.5, 0.6) is 5.75 Å². The van der Waals surface area contributed by atoms with Gasteiger partial charge in [-0.2, -0.15) is 0 Å². The quantitative estimate of drug-likeness (QED) is 0.727. The van der Waals surface area contributed by atoms with Gasteiger partial charge in [0.05, 0.1) is 17.8 Å². The van der Waals surface area contributed by atoms with E-state index >= 15 is 0 Å². The first-order chi connectivity index (χ1) is 6.74. The molecule has 0 spiro atoms. The van der Waals surface area contributed by atoms with Crippen molar-refractivity contribution in [2.24, 2.45) is 5.73 Å². The van der Waals surface area contributed by atoms with Gasteiger partial charge in [-0.15, -0.1) is 0 Å². The second kappa shape index (κ2) is 5.44. The zero-order valence-electron chi connectivity index (χ0n) is 8.12. The Morgan fingerprint density at radius 2 is 2.21 bits per heavy atom. The van der Waals surface area contributed by atoms with Gasteiger partial charge in [0.2, 0.25) is 0 Å². The second-order valence-corrected chi connectivity index (χ2v) is 3.37. The van der Waals surface area contributed by atoms with Crippen molar-refractivity contribution in [2.45, 2.75) is 6.42 Å². The zero-order chi connectivity index (χ0) is 10.4. The third-order valence-electron chi connectivity index (χ3n) is 1.79. The van der Waals surface area contributed by atoms with Crippen LogP contribution in [0, 0.1) is 0 Å². The highest BCUT2D eigenvalue weighted by atomic mass is 32.1. The summed E-state index contributed by atoms with van der Waals surface area (Å²) >= 11 is 4.78. The number of ether oxygens (including phenoxy) is 1. The van der Waals surface area contributed by atoms with E-state index in [1.165, 1.54) is 0 Å². The maximum Gasteiger partial charge on any atom is 0.141 e. The molecule has 0 aromatic heterocycles. The molecule has 76 valence electrons. The van der Waals surface area contributed by atoms with Crippen LogP contribution in [0.2, 0.25) is 0 Å². The third kappa shape index (κ3) is 3.22. The summed E-state index contributed by atoms with van der Waals surface area (Å²) in [6.45, 7) is 0.732. The molecular formula is C10H14N2OS. The summed E-state index contributed by atoms with van der Waals surface area (Å²) in [5, 5.41) is 3.20. The molecule has 3 N–H and O–H groups in total. The third-order valence-corrected chi connectivity index (χ3v) is 2.00. The predicted molar refractivity (Wildman–Crippen MR) is 62.9 cm³/mol. The van der Waals surface area contributed by atoms with Crippen molar-refractivity contribution in [1.82, 2.24) is 0 Å². The van der Waals surface area contributed by atoms with E-state index < -0.39 is 0 Å². The number of hydrogen-bond donors (Lipinski definition) is 2. The summed E-state index contributed by atoms with van der Waals surface area (Å²) in [5.41, 5.74) is 6.35. The van der Waals surface area contributed by atoms with Crippen molar-refractivity contribution in [3.63, 3.8) is 0 Å². The SMILES string of the molecule is COc1ccccc1NCCC(N)=S. The number of nitrogens with one attached hydrogen (secondary N) is 1. The largest absolute Gasteiger partial charge is 0.495 e. The molecule has 1 rings (SSSR count). The van der Waals surface area contributed by atoms with Crippen LogP contribution in [0.4, 0.5) is 5.69 Å². The van der Waals surface area contributed by atoms with Gasteiger partial charge in [0.15, 0.2) is 0 Å². The number of anilines is 1. The smallest absolute Gasteiger partial charge is 0.141 e. The molecule has 0 aliphatic heterocycles. The molecular weight excluding hydrogens is 196 g/mol. The van der Waals surface area contributed by atoms with Crippen LogP contribution in [0.1, 0.15) is 6.42 Å². The van der Waals surface area contributed by atoms with Gasteiger partial charge < -0.3 is 15.8 Å². The van der Waals surface area contributed by atoms with Crippen molar-refractivity contribution in [2.75, 3.05) is 19.0 Å². The molecule has 0 amide bonds. The summed E-state index contributed by atoms with van der Waals surface area (Å²) in [7, 11) is 1.65. The number of hydrogen-bond acceptors (Lipinski definition) is 3. The average molecular weight is 210 g/mol. The summed E-state index contributed by atoms with van der Waals surface area (Å²) in [6.07, 6.45) is 0.688. The molecule has 0 atom stereocenters. The van der Waals surface area contributed by atoms with Gasteiger partial charge in [-0.25, -0.2) is 0 Å². The van der Waals surface area contributed by atoms with E-state index in [2.05, 4.69) is 5.32 Å². The predicted octanol–water partition coefficient (Wildman–Crippen LogP) is 1.78. The van der Waals surface area contributed by atoms with Gasteiger partial charge in [0.25, 0.3) is 0 Å². The van der Waals surface area contributed by atoms with Gasteiger partial charge in [0.1, 0.15) is 5.75 Å². The highest BCUT2D eigenvalue weighted by molar-refractivity contribution is 7.80. The first-order valence-electron chi connectivity index (χ1n) is 4.39. The molecule has 0 aliphatic rings. The van der Waals surface area contributed by atoms with Crippen LogP contribution in [-0.2, 0) is 0 Å². The molecule has 0 heterocycles. The molecule has 0 radical (unpaired) electrons. The normalized spacial score (nSPS) is 9.50. The Labute approximate surface area is 89.3 Å². The summed E-state index contributed by atoms with van der Waals surface area (Å²) in [4.78, 5) is 0.521. The van der Waals surface area contributed by atoms with E-state index in [0.29, 0.717) is 11.4 Å². The molecule has 14 heavy (non-hydrogen) atoms. The standard InChI is InChI=1S/C10H14N2OS/c1-13-9-5-3-2-4-8(9)12-7-6-10(11)14/h2-5,12H,6-7H2,1H3,(H2,11,14). The van der Waals surface area contributed by atoms with Crippen LogP contribution >= 0.6 is 12.2 Å². The second-order valence-electron chi connectivity index (χ2n) is 2.84. The lowest BCUT2D eigenvalue weighted by atomic mass is 10.3. The minimum absolute atomic E-state index is 0.521. The molecule has 0 fully saturated rings. The zero-order valence-corrected chi connectivity index (χ0v) is 8.93. The molecule has 0 saturated carbocycles. The van der Waals surface area contributed by atoms with E-state index in [4.69, 9.17) is 22.7 Å². The maximum absolute atomic E-state index is 5.39. The molecule has 3 nitrogen and oxygen atoms in total. The first kappa shape index (κ1) is 10.8. The Hall–Kier alpha value is -1.29. The highest BCUT2D eigenvalue weighted by Crippen LogP contribution is 2.22. The van der Waals surface area contributed by atoms with Crippen molar-refractivity contribution in [3.8, 4) is 5.75 Å². The van der Waals surface area contributed by atoms with Crippen molar-refractivity contribution >= 4 is 22.9 Å². The lowest BCUT2D eigenvalue weighted by molar-refractivity contribution is 0.416.